The van der Waals surface area contributed by atoms with Crippen molar-refractivity contribution in [1.29, 1.82) is 0 Å². The Balaban J connectivity index is 0.00000200. The molecule has 1 aromatic rings. The number of halogens is 1. The summed E-state index contributed by atoms with van der Waals surface area (Å²) >= 11 is 0. The van der Waals surface area contributed by atoms with Crippen LogP contribution in [-0.2, 0) is 18.3 Å². The Kier molecular flexibility index (Phi) is 7.82. The van der Waals surface area contributed by atoms with E-state index in [1.165, 1.54) is 6.33 Å². The van der Waals surface area contributed by atoms with E-state index in [-0.39, 0.29) is 24.0 Å². The number of aliphatic imine (C=N–C) groups is 1. The minimum absolute atomic E-state index is 0. The predicted molar refractivity (Wildman–Crippen MR) is 88.2 cm³/mol. The lowest BCUT2D eigenvalue weighted by Crippen LogP contribution is -2.41. The van der Waals surface area contributed by atoms with E-state index in [1.54, 1.807) is 4.68 Å². The van der Waals surface area contributed by atoms with Gasteiger partial charge in [0.2, 0.25) is 0 Å². The molecule has 0 amide bonds. The highest BCUT2D eigenvalue weighted by atomic mass is 127. The highest BCUT2D eigenvalue weighted by Gasteiger charge is 2.15. The fourth-order valence-electron chi connectivity index (χ4n) is 1.97. The summed E-state index contributed by atoms with van der Waals surface area (Å²) in [4.78, 5) is 8.64. The molecular weight excluding hydrogens is 371 g/mol. The number of nitrogens with zero attached hydrogens (tertiary/aromatic N) is 4. The Hall–Kier alpha value is -0.900. The molecule has 1 fully saturated rings. The van der Waals surface area contributed by atoms with E-state index in [9.17, 15) is 0 Å². The summed E-state index contributed by atoms with van der Waals surface area (Å²) in [6, 6.07) is 0. The van der Waals surface area contributed by atoms with Crippen molar-refractivity contribution in [2.75, 3.05) is 19.7 Å². The first kappa shape index (κ1) is 17.2. The first-order valence-electron chi connectivity index (χ1n) is 6.76. The van der Waals surface area contributed by atoms with Gasteiger partial charge in [-0.3, -0.25) is 4.68 Å². The van der Waals surface area contributed by atoms with E-state index in [0.29, 0.717) is 12.6 Å². The summed E-state index contributed by atoms with van der Waals surface area (Å²) in [5.74, 6) is 1.63. The van der Waals surface area contributed by atoms with Gasteiger partial charge in [0.05, 0.1) is 6.10 Å². The van der Waals surface area contributed by atoms with Crippen molar-refractivity contribution in [3.63, 3.8) is 0 Å². The smallest absolute Gasteiger partial charge is 0.191 e. The molecule has 2 heterocycles. The molecule has 114 valence electrons. The van der Waals surface area contributed by atoms with Gasteiger partial charge in [0.1, 0.15) is 18.7 Å². The molecule has 0 aliphatic carbocycles. The molecule has 0 radical (unpaired) electrons. The molecule has 1 atom stereocenters. The Morgan fingerprint density at radius 2 is 2.40 bits per heavy atom. The van der Waals surface area contributed by atoms with Crippen molar-refractivity contribution < 1.29 is 4.74 Å². The largest absolute Gasteiger partial charge is 0.376 e. The van der Waals surface area contributed by atoms with Gasteiger partial charge in [-0.2, -0.15) is 5.10 Å². The summed E-state index contributed by atoms with van der Waals surface area (Å²) in [6.07, 6.45) is 4.12. The minimum atomic E-state index is 0. The van der Waals surface area contributed by atoms with Crippen LogP contribution in [0.25, 0.3) is 0 Å². The van der Waals surface area contributed by atoms with Gasteiger partial charge in [0.25, 0.3) is 0 Å². The van der Waals surface area contributed by atoms with Gasteiger partial charge in [-0.15, -0.1) is 24.0 Å². The number of nitrogens with one attached hydrogen (secondary N) is 2. The molecule has 20 heavy (non-hydrogen) atoms. The maximum atomic E-state index is 5.58. The van der Waals surface area contributed by atoms with Crippen LogP contribution in [0.1, 0.15) is 25.6 Å². The Morgan fingerprint density at radius 3 is 3.00 bits per heavy atom. The zero-order valence-electron chi connectivity index (χ0n) is 12.0. The second-order valence-corrected chi connectivity index (χ2v) is 4.51. The first-order chi connectivity index (χ1) is 9.29. The van der Waals surface area contributed by atoms with Gasteiger partial charge in [0, 0.05) is 26.7 Å². The molecule has 2 rings (SSSR count). The van der Waals surface area contributed by atoms with Crippen LogP contribution in [-0.4, -0.2) is 46.5 Å². The van der Waals surface area contributed by atoms with Crippen molar-refractivity contribution in [1.82, 2.24) is 25.4 Å². The number of guanidine groups is 1. The Bertz CT molecular complexity index is 416. The van der Waals surface area contributed by atoms with Gasteiger partial charge in [0.15, 0.2) is 5.96 Å². The number of aromatic nitrogens is 3. The molecule has 0 spiro atoms. The Labute approximate surface area is 136 Å². The quantitative estimate of drug-likeness (QED) is 0.436. The van der Waals surface area contributed by atoms with Crippen LogP contribution >= 0.6 is 24.0 Å². The van der Waals surface area contributed by atoms with Crippen molar-refractivity contribution in [2.24, 2.45) is 12.0 Å². The fourth-order valence-corrected chi connectivity index (χ4v) is 1.97. The number of hydrogen-bond acceptors (Lipinski definition) is 4. The number of hydrogen-bond donors (Lipinski definition) is 2. The third kappa shape index (κ3) is 5.23. The highest BCUT2D eigenvalue weighted by molar-refractivity contribution is 14.0. The third-order valence-corrected chi connectivity index (χ3v) is 3.05. The minimum Gasteiger partial charge on any atom is -0.376 e. The summed E-state index contributed by atoms with van der Waals surface area (Å²) in [7, 11) is 1.87. The normalized spacial score (nSPS) is 18.7. The van der Waals surface area contributed by atoms with Crippen LogP contribution in [0, 0.1) is 0 Å². The molecule has 1 saturated heterocycles. The molecule has 0 bridgehead atoms. The average molecular weight is 394 g/mol. The van der Waals surface area contributed by atoms with Gasteiger partial charge < -0.3 is 15.4 Å². The molecule has 7 nitrogen and oxygen atoms in total. The standard InChI is InChI=1S/C12H22N6O.HI/c1-3-13-12(14-7-10-5-4-6-19-10)15-8-11-16-9-17-18(11)2;/h9-10H,3-8H2,1-2H3,(H2,13,14,15);1H. The summed E-state index contributed by atoms with van der Waals surface area (Å²) < 4.78 is 7.31. The van der Waals surface area contributed by atoms with Crippen LogP contribution in [0.5, 0.6) is 0 Å². The van der Waals surface area contributed by atoms with E-state index >= 15 is 0 Å². The van der Waals surface area contributed by atoms with Crippen molar-refractivity contribution in [2.45, 2.75) is 32.4 Å². The lowest BCUT2D eigenvalue weighted by atomic mass is 10.2. The Morgan fingerprint density at radius 1 is 1.55 bits per heavy atom. The van der Waals surface area contributed by atoms with Gasteiger partial charge >= 0.3 is 0 Å². The van der Waals surface area contributed by atoms with Gasteiger partial charge in [-0.1, -0.05) is 0 Å². The highest BCUT2D eigenvalue weighted by Crippen LogP contribution is 2.10. The maximum absolute atomic E-state index is 5.58. The second kappa shape index (κ2) is 9.11. The zero-order chi connectivity index (χ0) is 13.5. The molecule has 1 unspecified atom stereocenters. The zero-order valence-corrected chi connectivity index (χ0v) is 14.3. The first-order valence-corrected chi connectivity index (χ1v) is 6.76. The van der Waals surface area contributed by atoms with E-state index in [4.69, 9.17) is 4.74 Å². The van der Waals surface area contributed by atoms with E-state index in [1.807, 2.05) is 14.0 Å². The van der Waals surface area contributed by atoms with Crippen LogP contribution in [0.15, 0.2) is 11.3 Å². The summed E-state index contributed by atoms with van der Waals surface area (Å²) in [5.41, 5.74) is 0. The van der Waals surface area contributed by atoms with Crippen molar-refractivity contribution in [3.05, 3.63) is 12.2 Å². The van der Waals surface area contributed by atoms with E-state index in [0.717, 1.165) is 44.3 Å². The molecule has 2 N–H and O–H groups in total. The topological polar surface area (TPSA) is 76.4 Å². The van der Waals surface area contributed by atoms with E-state index in [2.05, 4.69) is 25.7 Å². The van der Waals surface area contributed by atoms with E-state index < -0.39 is 0 Å². The molecule has 0 aromatic carbocycles. The maximum Gasteiger partial charge on any atom is 0.191 e. The SMILES string of the molecule is CCNC(=NCc1ncnn1C)NCC1CCCO1.I. The number of rotatable bonds is 5. The van der Waals surface area contributed by atoms with Crippen LogP contribution in [0.3, 0.4) is 0 Å². The molecule has 1 aliphatic heterocycles. The lowest BCUT2D eigenvalue weighted by molar-refractivity contribution is 0.114. The second-order valence-electron chi connectivity index (χ2n) is 4.51. The molecule has 8 heteroatoms. The van der Waals surface area contributed by atoms with Crippen LogP contribution in [0.2, 0.25) is 0 Å². The molecule has 0 saturated carbocycles. The van der Waals surface area contributed by atoms with Crippen LogP contribution in [0.4, 0.5) is 0 Å². The molecular formula is C12H23IN6O. The predicted octanol–water partition coefficient (Wildman–Crippen LogP) is 0.667. The molecule has 1 aliphatic rings. The monoisotopic (exact) mass is 394 g/mol. The summed E-state index contributed by atoms with van der Waals surface area (Å²) in [5, 5.41) is 10.5. The average Bonchev–Trinajstić information content (AvgIpc) is 3.04. The van der Waals surface area contributed by atoms with Crippen molar-refractivity contribution in [3.8, 4) is 0 Å². The van der Waals surface area contributed by atoms with Gasteiger partial charge in [-0.25, -0.2) is 9.98 Å². The number of aryl methyl sites for hydroxylation is 1. The van der Waals surface area contributed by atoms with Crippen molar-refractivity contribution >= 4 is 29.9 Å². The lowest BCUT2D eigenvalue weighted by Gasteiger charge is -2.14. The van der Waals surface area contributed by atoms with Crippen LogP contribution < -0.4 is 10.6 Å². The number of ether oxygens (including phenoxy) is 1. The summed E-state index contributed by atoms with van der Waals surface area (Å²) in [6.45, 7) is 5.06. The fraction of sp³-hybridized carbons (Fsp3) is 0.750. The van der Waals surface area contributed by atoms with Gasteiger partial charge in [-0.05, 0) is 19.8 Å². The third-order valence-electron chi connectivity index (χ3n) is 3.05. The molecule has 1 aromatic heterocycles.